The Labute approximate surface area is 197 Å². The number of hydrogen-bond acceptors (Lipinski definition) is 6. The van der Waals surface area contributed by atoms with Gasteiger partial charge in [0.15, 0.2) is 6.61 Å². The van der Waals surface area contributed by atoms with Crippen LogP contribution in [0.2, 0.25) is 5.02 Å². The number of amides is 1. The maximum atomic E-state index is 12.7. The number of anilines is 3. The molecule has 2 aliphatic heterocycles. The van der Waals surface area contributed by atoms with E-state index in [4.69, 9.17) is 21.1 Å². The number of pyridine rings is 1. The van der Waals surface area contributed by atoms with E-state index in [0.717, 1.165) is 61.1 Å². The van der Waals surface area contributed by atoms with E-state index < -0.39 is 0 Å². The molecule has 0 aliphatic carbocycles. The SMILES string of the molecule is O=C1COc2ccc(-c3ccnc(Nc4cccc(Cl)c4)c3)cc2N1CCN1CCOCC1. The number of ether oxygens (including phenoxy) is 2. The number of carbonyl (C=O) groups is 1. The van der Waals surface area contributed by atoms with Gasteiger partial charge in [-0.1, -0.05) is 23.7 Å². The van der Waals surface area contributed by atoms with Crippen molar-refractivity contribution in [3.8, 4) is 16.9 Å². The van der Waals surface area contributed by atoms with Gasteiger partial charge in [-0.15, -0.1) is 0 Å². The number of hydrogen-bond donors (Lipinski definition) is 1. The summed E-state index contributed by atoms with van der Waals surface area (Å²) in [7, 11) is 0. The Morgan fingerprint density at radius 3 is 2.70 bits per heavy atom. The van der Waals surface area contributed by atoms with E-state index in [-0.39, 0.29) is 12.5 Å². The zero-order valence-corrected chi connectivity index (χ0v) is 18.9. The topological polar surface area (TPSA) is 66.9 Å². The molecule has 0 atom stereocenters. The van der Waals surface area contributed by atoms with Crippen LogP contribution in [-0.4, -0.2) is 61.8 Å². The van der Waals surface area contributed by atoms with Gasteiger partial charge in [0.25, 0.3) is 5.91 Å². The molecule has 0 saturated carbocycles. The monoisotopic (exact) mass is 464 g/mol. The van der Waals surface area contributed by atoms with Gasteiger partial charge in [-0.25, -0.2) is 4.98 Å². The molecule has 3 aromatic rings. The minimum atomic E-state index is -0.0223. The molecule has 170 valence electrons. The lowest BCUT2D eigenvalue weighted by atomic mass is 10.0. The highest BCUT2D eigenvalue weighted by atomic mass is 35.5. The molecule has 1 fully saturated rings. The Morgan fingerprint density at radius 1 is 1.00 bits per heavy atom. The van der Waals surface area contributed by atoms with Crippen molar-refractivity contribution in [1.29, 1.82) is 0 Å². The summed E-state index contributed by atoms with van der Waals surface area (Å²) < 4.78 is 11.1. The van der Waals surface area contributed by atoms with Crippen LogP contribution >= 0.6 is 11.6 Å². The average Bonchev–Trinajstić information content (AvgIpc) is 2.84. The average molecular weight is 465 g/mol. The van der Waals surface area contributed by atoms with Crippen LogP contribution in [0.5, 0.6) is 5.75 Å². The Morgan fingerprint density at radius 2 is 1.85 bits per heavy atom. The van der Waals surface area contributed by atoms with Gasteiger partial charge < -0.3 is 19.7 Å². The maximum Gasteiger partial charge on any atom is 0.265 e. The lowest BCUT2D eigenvalue weighted by Crippen LogP contribution is -2.45. The third kappa shape index (κ3) is 5.11. The summed E-state index contributed by atoms with van der Waals surface area (Å²) >= 11 is 6.09. The Bertz CT molecular complexity index is 1150. The first kappa shape index (κ1) is 21.7. The molecule has 0 radical (unpaired) electrons. The van der Waals surface area contributed by atoms with Crippen LogP contribution in [0.25, 0.3) is 11.1 Å². The van der Waals surface area contributed by atoms with E-state index in [2.05, 4.69) is 15.2 Å². The number of benzene rings is 2. The number of nitrogens with one attached hydrogen (secondary N) is 1. The highest BCUT2D eigenvalue weighted by molar-refractivity contribution is 6.30. The van der Waals surface area contributed by atoms with Crippen molar-refractivity contribution in [2.75, 3.05) is 56.2 Å². The predicted molar refractivity (Wildman–Crippen MR) is 130 cm³/mol. The predicted octanol–water partition coefficient (Wildman–Crippen LogP) is 4.20. The number of rotatable bonds is 6. The molecule has 2 aromatic carbocycles. The van der Waals surface area contributed by atoms with Crippen LogP contribution in [0.1, 0.15) is 0 Å². The zero-order chi connectivity index (χ0) is 22.6. The molecule has 1 saturated heterocycles. The molecular weight excluding hydrogens is 440 g/mol. The van der Waals surface area contributed by atoms with Crippen molar-refractivity contribution < 1.29 is 14.3 Å². The third-order valence-electron chi connectivity index (χ3n) is 5.84. The molecule has 2 aliphatic rings. The van der Waals surface area contributed by atoms with Crippen molar-refractivity contribution in [2.24, 2.45) is 0 Å². The molecule has 1 N–H and O–H groups in total. The third-order valence-corrected chi connectivity index (χ3v) is 6.07. The molecular formula is C25H25ClN4O3. The molecule has 5 rings (SSSR count). The number of nitrogens with zero attached hydrogens (tertiary/aromatic N) is 3. The van der Waals surface area contributed by atoms with E-state index in [9.17, 15) is 4.79 Å². The fourth-order valence-electron chi connectivity index (χ4n) is 4.09. The molecule has 3 heterocycles. The Kier molecular flexibility index (Phi) is 6.44. The first-order chi connectivity index (χ1) is 16.2. The summed E-state index contributed by atoms with van der Waals surface area (Å²) in [6, 6.07) is 17.4. The maximum absolute atomic E-state index is 12.7. The van der Waals surface area contributed by atoms with E-state index in [1.807, 2.05) is 59.5 Å². The van der Waals surface area contributed by atoms with Crippen molar-refractivity contribution in [3.63, 3.8) is 0 Å². The summed E-state index contributed by atoms with van der Waals surface area (Å²) in [5.41, 5.74) is 3.65. The van der Waals surface area contributed by atoms with Crippen LogP contribution < -0.4 is 15.0 Å². The van der Waals surface area contributed by atoms with Gasteiger partial charge in [-0.3, -0.25) is 9.69 Å². The standard InChI is InChI=1S/C25H25ClN4O3/c26-20-2-1-3-21(16-20)28-24-15-19(6-7-27-24)18-4-5-23-22(14-18)30(25(31)17-33-23)9-8-29-10-12-32-13-11-29/h1-7,14-16H,8-13,17H2,(H,27,28). The molecule has 1 aromatic heterocycles. The van der Waals surface area contributed by atoms with Crippen LogP contribution in [0, 0.1) is 0 Å². The van der Waals surface area contributed by atoms with Gasteiger partial charge in [0.2, 0.25) is 0 Å². The van der Waals surface area contributed by atoms with Crippen LogP contribution in [0.15, 0.2) is 60.8 Å². The Hall–Kier alpha value is -3.13. The first-order valence-electron chi connectivity index (χ1n) is 11.0. The van der Waals surface area contributed by atoms with Gasteiger partial charge in [-0.05, 0) is 53.6 Å². The van der Waals surface area contributed by atoms with Crippen molar-refractivity contribution in [1.82, 2.24) is 9.88 Å². The molecule has 0 bridgehead atoms. The van der Waals surface area contributed by atoms with E-state index in [1.54, 1.807) is 6.20 Å². The second-order valence-corrected chi connectivity index (χ2v) is 8.47. The van der Waals surface area contributed by atoms with Gasteiger partial charge in [0, 0.05) is 43.1 Å². The lowest BCUT2D eigenvalue weighted by molar-refractivity contribution is -0.121. The van der Waals surface area contributed by atoms with Gasteiger partial charge in [-0.2, -0.15) is 0 Å². The van der Waals surface area contributed by atoms with E-state index >= 15 is 0 Å². The highest BCUT2D eigenvalue weighted by Crippen LogP contribution is 2.36. The van der Waals surface area contributed by atoms with Gasteiger partial charge in [0.1, 0.15) is 11.6 Å². The second-order valence-electron chi connectivity index (χ2n) is 8.04. The van der Waals surface area contributed by atoms with Gasteiger partial charge in [0.05, 0.1) is 18.9 Å². The summed E-state index contributed by atoms with van der Waals surface area (Å²) in [6.07, 6.45) is 1.76. The normalized spacial score (nSPS) is 16.3. The number of halogens is 1. The second kappa shape index (κ2) is 9.79. The Balaban J connectivity index is 1.38. The number of fused-ring (bicyclic) bond motifs is 1. The number of aromatic nitrogens is 1. The van der Waals surface area contributed by atoms with E-state index in [0.29, 0.717) is 17.4 Å². The smallest absolute Gasteiger partial charge is 0.265 e. The molecule has 0 spiro atoms. The van der Waals surface area contributed by atoms with Crippen molar-refractivity contribution >= 4 is 34.7 Å². The summed E-state index contributed by atoms with van der Waals surface area (Å²) in [6.45, 7) is 4.77. The highest BCUT2D eigenvalue weighted by Gasteiger charge is 2.26. The molecule has 33 heavy (non-hydrogen) atoms. The summed E-state index contributed by atoms with van der Waals surface area (Å²) in [5, 5.41) is 3.95. The quantitative estimate of drug-likeness (QED) is 0.589. The van der Waals surface area contributed by atoms with Crippen LogP contribution in [-0.2, 0) is 9.53 Å². The minimum Gasteiger partial charge on any atom is -0.482 e. The fourth-order valence-corrected chi connectivity index (χ4v) is 4.28. The largest absolute Gasteiger partial charge is 0.482 e. The number of morpholine rings is 1. The molecule has 8 heteroatoms. The van der Waals surface area contributed by atoms with Crippen LogP contribution in [0.3, 0.4) is 0 Å². The number of carbonyl (C=O) groups excluding carboxylic acids is 1. The summed E-state index contributed by atoms with van der Waals surface area (Å²) in [5.74, 6) is 1.42. The summed E-state index contributed by atoms with van der Waals surface area (Å²) in [4.78, 5) is 21.3. The van der Waals surface area contributed by atoms with Crippen LogP contribution in [0.4, 0.5) is 17.2 Å². The fraction of sp³-hybridized carbons (Fsp3) is 0.280. The first-order valence-corrected chi connectivity index (χ1v) is 11.4. The molecule has 0 unspecified atom stereocenters. The molecule has 7 nitrogen and oxygen atoms in total. The van der Waals surface area contributed by atoms with Crippen molar-refractivity contribution in [3.05, 3.63) is 65.8 Å². The van der Waals surface area contributed by atoms with Crippen molar-refractivity contribution in [2.45, 2.75) is 0 Å². The lowest BCUT2D eigenvalue weighted by Gasteiger charge is -2.33. The minimum absolute atomic E-state index is 0.0223. The molecule has 1 amide bonds. The van der Waals surface area contributed by atoms with Gasteiger partial charge >= 0.3 is 0 Å². The van der Waals surface area contributed by atoms with E-state index in [1.165, 1.54) is 0 Å². The zero-order valence-electron chi connectivity index (χ0n) is 18.2.